The molecule has 0 aliphatic heterocycles. The van der Waals surface area contributed by atoms with Gasteiger partial charge in [0.25, 0.3) is 0 Å². The van der Waals surface area contributed by atoms with Crippen molar-refractivity contribution in [3.63, 3.8) is 0 Å². The molecule has 5 heteroatoms. The summed E-state index contributed by atoms with van der Waals surface area (Å²) in [6.07, 6.45) is 1.29. The number of hydrogen-bond acceptors (Lipinski definition) is 3. The molecular formula is C7H8N2O3. The number of nitrogens with one attached hydrogen (secondary N) is 1. The smallest absolute Gasteiger partial charge is 0.325 e. The first-order valence-corrected chi connectivity index (χ1v) is 3.28. The fraction of sp³-hybridized carbons (Fsp3) is 0.143. The zero-order valence-electron chi connectivity index (χ0n) is 6.15. The molecule has 64 valence electrons. The third-order valence-electron chi connectivity index (χ3n) is 1.43. The Bertz CT molecular complexity index is 324. The van der Waals surface area contributed by atoms with E-state index < -0.39 is 12.0 Å². The van der Waals surface area contributed by atoms with E-state index in [0.717, 1.165) is 0 Å². The second-order valence-corrected chi connectivity index (χ2v) is 2.30. The molecule has 1 heterocycles. The Hall–Kier alpha value is -1.62. The predicted molar refractivity (Wildman–Crippen MR) is 41.6 cm³/mol. The maximum Gasteiger partial charge on any atom is 0.325 e. The molecule has 0 aliphatic carbocycles. The molecule has 4 N–H and O–H groups in total. The Kier molecular flexibility index (Phi) is 2.25. The fourth-order valence-electron chi connectivity index (χ4n) is 0.759. The lowest BCUT2D eigenvalue weighted by molar-refractivity contribution is -0.138. The lowest BCUT2D eigenvalue weighted by Crippen LogP contribution is -2.21. The average Bonchev–Trinajstić information content (AvgIpc) is 2.04. The van der Waals surface area contributed by atoms with Crippen LogP contribution in [0.25, 0.3) is 0 Å². The van der Waals surface area contributed by atoms with Crippen molar-refractivity contribution in [2.75, 3.05) is 0 Å². The standard InChI is InChI=1S/C7H8N2O3/c8-6(7(11)12)4-1-2-5(10)9-3-4/h1-3,6H,8H2,(H,9,10)(H,11,12)/t6-/m0/s1. The van der Waals surface area contributed by atoms with E-state index in [-0.39, 0.29) is 5.56 Å². The summed E-state index contributed by atoms with van der Waals surface area (Å²) in [7, 11) is 0. The minimum atomic E-state index is -1.12. The molecule has 1 atom stereocenters. The number of aromatic nitrogens is 1. The summed E-state index contributed by atoms with van der Waals surface area (Å²) in [5.74, 6) is -1.12. The van der Waals surface area contributed by atoms with Crippen molar-refractivity contribution in [1.29, 1.82) is 0 Å². The van der Waals surface area contributed by atoms with Crippen molar-refractivity contribution in [2.24, 2.45) is 5.73 Å². The minimum Gasteiger partial charge on any atom is -0.480 e. The normalized spacial score (nSPS) is 12.4. The Morgan fingerprint density at radius 2 is 2.25 bits per heavy atom. The Morgan fingerprint density at radius 1 is 1.58 bits per heavy atom. The maximum atomic E-state index is 10.6. The van der Waals surface area contributed by atoms with Crippen LogP contribution in [-0.4, -0.2) is 16.1 Å². The molecule has 0 fully saturated rings. The van der Waals surface area contributed by atoms with Gasteiger partial charge in [-0.25, -0.2) is 0 Å². The number of carboxylic acids is 1. The van der Waals surface area contributed by atoms with Crippen molar-refractivity contribution in [2.45, 2.75) is 6.04 Å². The molecule has 1 rings (SSSR count). The van der Waals surface area contributed by atoms with Crippen LogP contribution in [0.2, 0.25) is 0 Å². The highest BCUT2D eigenvalue weighted by Gasteiger charge is 2.13. The van der Waals surface area contributed by atoms with E-state index in [0.29, 0.717) is 5.56 Å². The van der Waals surface area contributed by atoms with E-state index in [1.165, 1.54) is 18.3 Å². The van der Waals surface area contributed by atoms with Crippen molar-refractivity contribution >= 4 is 5.97 Å². The number of hydrogen-bond donors (Lipinski definition) is 3. The zero-order valence-corrected chi connectivity index (χ0v) is 6.15. The molecule has 0 spiro atoms. The van der Waals surface area contributed by atoms with Crippen molar-refractivity contribution in [3.8, 4) is 0 Å². The van der Waals surface area contributed by atoms with Gasteiger partial charge in [-0.3, -0.25) is 9.59 Å². The van der Waals surface area contributed by atoms with Crippen LogP contribution in [0.5, 0.6) is 0 Å². The molecule has 0 aliphatic rings. The summed E-state index contributed by atoms with van der Waals surface area (Å²) in [6, 6.07) is 1.54. The Morgan fingerprint density at radius 3 is 2.67 bits per heavy atom. The number of carbonyl (C=O) groups is 1. The summed E-state index contributed by atoms with van der Waals surface area (Å²) < 4.78 is 0. The number of rotatable bonds is 2. The van der Waals surface area contributed by atoms with Gasteiger partial charge in [-0.2, -0.15) is 0 Å². The summed E-state index contributed by atoms with van der Waals surface area (Å²) in [4.78, 5) is 23.3. The van der Waals surface area contributed by atoms with Gasteiger partial charge in [0, 0.05) is 12.3 Å². The number of carboxylic acid groups (broad SMARTS) is 1. The lowest BCUT2D eigenvalue weighted by atomic mass is 10.1. The lowest BCUT2D eigenvalue weighted by Gasteiger charge is -2.04. The number of aliphatic carboxylic acids is 1. The second kappa shape index (κ2) is 3.19. The van der Waals surface area contributed by atoms with Crippen LogP contribution in [0.3, 0.4) is 0 Å². The predicted octanol–water partition coefficient (Wildman–Crippen LogP) is -0.541. The molecule has 12 heavy (non-hydrogen) atoms. The molecule has 5 nitrogen and oxygen atoms in total. The first-order valence-electron chi connectivity index (χ1n) is 3.28. The highest BCUT2D eigenvalue weighted by atomic mass is 16.4. The fourth-order valence-corrected chi connectivity index (χ4v) is 0.759. The molecule has 0 saturated carbocycles. The van der Waals surface area contributed by atoms with Gasteiger partial charge >= 0.3 is 5.97 Å². The molecule has 0 saturated heterocycles. The van der Waals surface area contributed by atoms with Gasteiger partial charge in [0.1, 0.15) is 6.04 Å². The van der Waals surface area contributed by atoms with E-state index in [4.69, 9.17) is 10.8 Å². The SMILES string of the molecule is N[C@H](C(=O)O)c1ccc(=O)[nH]c1. The Balaban J connectivity index is 2.97. The monoisotopic (exact) mass is 168 g/mol. The van der Waals surface area contributed by atoms with Crippen LogP contribution >= 0.6 is 0 Å². The molecule has 0 amide bonds. The first-order chi connectivity index (χ1) is 5.61. The van der Waals surface area contributed by atoms with Gasteiger partial charge < -0.3 is 15.8 Å². The summed E-state index contributed by atoms with van der Waals surface area (Å²) >= 11 is 0. The topological polar surface area (TPSA) is 96.2 Å². The van der Waals surface area contributed by atoms with Crippen molar-refractivity contribution < 1.29 is 9.90 Å². The molecule has 1 aromatic heterocycles. The van der Waals surface area contributed by atoms with Gasteiger partial charge in [-0.1, -0.05) is 0 Å². The maximum absolute atomic E-state index is 10.6. The van der Waals surface area contributed by atoms with E-state index in [9.17, 15) is 9.59 Å². The quantitative estimate of drug-likeness (QED) is 0.552. The molecule has 0 bridgehead atoms. The molecule has 1 aromatic rings. The summed E-state index contributed by atoms with van der Waals surface area (Å²) in [5, 5.41) is 8.49. The van der Waals surface area contributed by atoms with Crippen LogP contribution in [0.15, 0.2) is 23.1 Å². The summed E-state index contributed by atoms with van der Waals surface area (Å²) in [6.45, 7) is 0. The third-order valence-corrected chi connectivity index (χ3v) is 1.43. The van der Waals surface area contributed by atoms with Gasteiger partial charge in [0.2, 0.25) is 5.56 Å². The minimum absolute atomic E-state index is 0.281. The second-order valence-electron chi connectivity index (χ2n) is 2.30. The Labute approximate surface area is 67.8 Å². The van der Waals surface area contributed by atoms with Crippen LogP contribution in [0.4, 0.5) is 0 Å². The number of pyridine rings is 1. The number of H-pyrrole nitrogens is 1. The van der Waals surface area contributed by atoms with Crippen LogP contribution < -0.4 is 11.3 Å². The third kappa shape index (κ3) is 1.70. The van der Waals surface area contributed by atoms with Crippen LogP contribution in [0.1, 0.15) is 11.6 Å². The molecule has 0 aromatic carbocycles. The van der Waals surface area contributed by atoms with Crippen molar-refractivity contribution in [1.82, 2.24) is 4.98 Å². The summed E-state index contributed by atoms with van der Waals surface area (Å²) in [5.41, 5.74) is 5.36. The van der Waals surface area contributed by atoms with Gasteiger partial charge in [-0.15, -0.1) is 0 Å². The largest absolute Gasteiger partial charge is 0.480 e. The van der Waals surface area contributed by atoms with Gasteiger partial charge in [0.15, 0.2) is 0 Å². The van der Waals surface area contributed by atoms with E-state index >= 15 is 0 Å². The van der Waals surface area contributed by atoms with Crippen LogP contribution in [0, 0.1) is 0 Å². The van der Waals surface area contributed by atoms with Crippen LogP contribution in [-0.2, 0) is 4.79 Å². The van der Waals surface area contributed by atoms with E-state index in [2.05, 4.69) is 4.98 Å². The average molecular weight is 168 g/mol. The molecule has 0 radical (unpaired) electrons. The highest BCUT2D eigenvalue weighted by Crippen LogP contribution is 2.05. The first kappa shape index (κ1) is 8.48. The van der Waals surface area contributed by atoms with E-state index in [1.54, 1.807) is 0 Å². The van der Waals surface area contributed by atoms with Crippen molar-refractivity contribution in [3.05, 3.63) is 34.2 Å². The highest BCUT2D eigenvalue weighted by molar-refractivity contribution is 5.74. The van der Waals surface area contributed by atoms with E-state index in [1.807, 2.05) is 0 Å². The van der Waals surface area contributed by atoms with Gasteiger partial charge in [0.05, 0.1) is 0 Å². The molecular weight excluding hydrogens is 160 g/mol. The number of aromatic amines is 1. The number of nitrogens with two attached hydrogens (primary N) is 1. The molecule has 0 unspecified atom stereocenters. The zero-order chi connectivity index (χ0) is 9.14. The van der Waals surface area contributed by atoms with Gasteiger partial charge in [-0.05, 0) is 11.6 Å².